The molecule has 6 heteroatoms. The van der Waals surface area contributed by atoms with Crippen LogP contribution in [0.4, 0.5) is 11.6 Å². The summed E-state index contributed by atoms with van der Waals surface area (Å²) in [4.78, 5) is 8.05. The third kappa shape index (κ3) is 3.54. The molecule has 2 unspecified atom stereocenters. The second-order valence-electron chi connectivity index (χ2n) is 4.50. The Kier molecular flexibility index (Phi) is 4.11. The van der Waals surface area contributed by atoms with Gasteiger partial charge in [0.15, 0.2) is 0 Å². The summed E-state index contributed by atoms with van der Waals surface area (Å²) in [5.41, 5.74) is 2.48. The zero-order valence-corrected chi connectivity index (χ0v) is 9.76. The summed E-state index contributed by atoms with van der Waals surface area (Å²) in [5.74, 6) is 7.14. The predicted molar refractivity (Wildman–Crippen MR) is 66.3 cm³/mol. The van der Waals surface area contributed by atoms with Gasteiger partial charge in [-0.25, -0.2) is 15.8 Å². The van der Waals surface area contributed by atoms with E-state index in [1.54, 1.807) is 6.07 Å². The van der Waals surface area contributed by atoms with E-state index in [-0.39, 0.29) is 6.10 Å². The number of rotatable bonds is 4. The Morgan fingerprint density at radius 3 is 2.94 bits per heavy atom. The molecule has 0 radical (unpaired) electrons. The fourth-order valence-electron chi connectivity index (χ4n) is 2.23. The first-order valence-electron chi connectivity index (χ1n) is 5.98. The Bertz CT molecular complexity index is 359. The number of hydrogen-bond donors (Lipinski definition) is 4. The van der Waals surface area contributed by atoms with Crippen LogP contribution in [0, 0.1) is 5.92 Å². The van der Waals surface area contributed by atoms with Gasteiger partial charge in [-0.2, -0.15) is 0 Å². The summed E-state index contributed by atoms with van der Waals surface area (Å²) >= 11 is 0. The van der Waals surface area contributed by atoms with Gasteiger partial charge in [-0.05, 0) is 25.2 Å². The number of aliphatic hydroxyl groups is 1. The van der Waals surface area contributed by atoms with Crippen molar-refractivity contribution in [2.24, 2.45) is 11.8 Å². The van der Waals surface area contributed by atoms with Crippen molar-refractivity contribution in [1.29, 1.82) is 0 Å². The molecule has 94 valence electrons. The Labute approximate surface area is 101 Å². The number of anilines is 2. The van der Waals surface area contributed by atoms with Gasteiger partial charge in [0.05, 0.1) is 6.10 Å². The van der Waals surface area contributed by atoms with Crippen LogP contribution in [0.5, 0.6) is 0 Å². The van der Waals surface area contributed by atoms with E-state index in [2.05, 4.69) is 20.7 Å². The Morgan fingerprint density at radius 1 is 1.35 bits per heavy atom. The molecule has 0 bridgehead atoms. The van der Waals surface area contributed by atoms with Crippen molar-refractivity contribution in [2.45, 2.75) is 31.8 Å². The van der Waals surface area contributed by atoms with Crippen LogP contribution in [0.3, 0.4) is 0 Å². The Balaban J connectivity index is 1.84. The summed E-state index contributed by atoms with van der Waals surface area (Å²) in [6.07, 6.45) is 5.41. The molecule has 17 heavy (non-hydrogen) atoms. The molecule has 0 amide bonds. The first kappa shape index (κ1) is 12.1. The Morgan fingerprint density at radius 2 is 2.18 bits per heavy atom. The van der Waals surface area contributed by atoms with Gasteiger partial charge in [-0.15, -0.1) is 0 Å². The number of nitrogens with one attached hydrogen (secondary N) is 2. The second kappa shape index (κ2) is 5.79. The highest BCUT2D eigenvalue weighted by Crippen LogP contribution is 2.24. The van der Waals surface area contributed by atoms with Crippen molar-refractivity contribution in [3.63, 3.8) is 0 Å². The fraction of sp³-hybridized carbons (Fsp3) is 0.636. The van der Waals surface area contributed by atoms with Gasteiger partial charge in [-0.1, -0.05) is 6.42 Å². The van der Waals surface area contributed by atoms with Crippen LogP contribution in [0.1, 0.15) is 25.7 Å². The van der Waals surface area contributed by atoms with Crippen LogP contribution in [-0.4, -0.2) is 27.7 Å². The minimum absolute atomic E-state index is 0.137. The zero-order chi connectivity index (χ0) is 12.1. The molecule has 1 heterocycles. The normalized spacial score (nSPS) is 24.4. The lowest BCUT2D eigenvalue weighted by Crippen LogP contribution is -2.25. The number of nitrogens with two attached hydrogens (primary N) is 1. The molecule has 1 fully saturated rings. The van der Waals surface area contributed by atoms with E-state index in [4.69, 9.17) is 5.84 Å². The van der Waals surface area contributed by atoms with Crippen molar-refractivity contribution in [3.8, 4) is 0 Å². The summed E-state index contributed by atoms with van der Waals surface area (Å²) in [5, 5.41) is 12.8. The number of aromatic nitrogens is 2. The zero-order valence-electron chi connectivity index (χ0n) is 9.76. The molecule has 1 aliphatic carbocycles. The van der Waals surface area contributed by atoms with Gasteiger partial charge in [0.2, 0.25) is 0 Å². The van der Waals surface area contributed by atoms with Crippen LogP contribution in [0.2, 0.25) is 0 Å². The van der Waals surface area contributed by atoms with E-state index >= 15 is 0 Å². The second-order valence-corrected chi connectivity index (χ2v) is 4.50. The van der Waals surface area contributed by atoms with Gasteiger partial charge >= 0.3 is 0 Å². The van der Waals surface area contributed by atoms with Crippen molar-refractivity contribution in [1.82, 2.24) is 9.97 Å². The van der Waals surface area contributed by atoms with E-state index in [1.165, 1.54) is 6.33 Å². The molecule has 2 rings (SSSR count). The van der Waals surface area contributed by atoms with Crippen molar-refractivity contribution >= 4 is 11.6 Å². The molecule has 0 spiro atoms. The SMILES string of the molecule is NNc1cc(NCC2CCCC(O)C2)ncn1. The molecule has 5 N–H and O–H groups in total. The largest absolute Gasteiger partial charge is 0.393 e. The lowest BCUT2D eigenvalue weighted by Gasteiger charge is -2.26. The van der Waals surface area contributed by atoms with Crippen molar-refractivity contribution < 1.29 is 5.11 Å². The van der Waals surface area contributed by atoms with Crippen molar-refractivity contribution in [3.05, 3.63) is 12.4 Å². The van der Waals surface area contributed by atoms with E-state index in [0.29, 0.717) is 11.7 Å². The van der Waals surface area contributed by atoms with E-state index in [9.17, 15) is 5.11 Å². The van der Waals surface area contributed by atoms with Crippen LogP contribution >= 0.6 is 0 Å². The monoisotopic (exact) mass is 237 g/mol. The summed E-state index contributed by atoms with van der Waals surface area (Å²) in [7, 11) is 0. The van der Waals surface area contributed by atoms with Gasteiger partial charge < -0.3 is 15.8 Å². The molecule has 0 aromatic carbocycles. The third-order valence-corrected chi connectivity index (χ3v) is 3.14. The topological polar surface area (TPSA) is 96.1 Å². The van der Waals surface area contributed by atoms with Crippen LogP contribution < -0.4 is 16.6 Å². The Hall–Kier alpha value is -1.40. The lowest BCUT2D eigenvalue weighted by molar-refractivity contribution is 0.104. The smallest absolute Gasteiger partial charge is 0.145 e. The number of hydrazine groups is 1. The van der Waals surface area contributed by atoms with Gasteiger partial charge in [0, 0.05) is 12.6 Å². The van der Waals surface area contributed by atoms with Crippen LogP contribution in [0.25, 0.3) is 0 Å². The van der Waals surface area contributed by atoms with Gasteiger partial charge in [-0.3, -0.25) is 0 Å². The number of nitrogen functional groups attached to an aromatic ring is 1. The molecule has 6 nitrogen and oxygen atoms in total. The minimum atomic E-state index is -0.137. The highest BCUT2D eigenvalue weighted by Gasteiger charge is 2.19. The van der Waals surface area contributed by atoms with Crippen LogP contribution in [-0.2, 0) is 0 Å². The van der Waals surface area contributed by atoms with E-state index in [1.807, 2.05) is 0 Å². The summed E-state index contributed by atoms with van der Waals surface area (Å²) < 4.78 is 0. The molecule has 2 atom stereocenters. The van der Waals surface area contributed by atoms with Crippen LogP contribution in [0.15, 0.2) is 12.4 Å². The number of hydrogen-bond acceptors (Lipinski definition) is 6. The molecule has 1 saturated carbocycles. The predicted octanol–water partition coefficient (Wildman–Crippen LogP) is 0.725. The number of nitrogens with zero attached hydrogens (tertiary/aromatic N) is 2. The maximum atomic E-state index is 9.58. The molecule has 1 aromatic rings. The maximum absolute atomic E-state index is 9.58. The highest BCUT2D eigenvalue weighted by molar-refractivity contribution is 5.45. The first-order chi connectivity index (χ1) is 8.28. The lowest BCUT2D eigenvalue weighted by atomic mass is 9.87. The van der Waals surface area contributed by atoms with Gasteiger partial charge in [0.25, 0.3) is 0 Å². The fourth-order valence-corrected chi connectivity index (χ4v) is 2.23. The third-order valence-electron chi connectivity index (χ3n) is 3.14. The summed E-state index contributed by atoms with van der Waals surface area (Å²) in [6.45, 7) is 0.831. The van der Waals surface area contributed by atoms with E-state index < -0.39 is 0 Å². The quantitative estimate of drug-likeness (QED) is 0.455. The van der Waals surface area contributed by atoms with Crippen molar-refractivity contribution in [2.75, 3.05) is 17.3 Å². The molecule has 1 aromatic heterocycles. The molecular formula is C11H19N5O. The summed E-state index contributed by atoms with van der Waals surface area (Å²) in [6, 6.07) is 1.76. The van der Waals surface area contributed by atoms with E-state index in [0.717, 1.165) is 38.0 Å². The molecule has 0 saturated heterocycles. The minimum Gasteiger partial charge on any atom is -0.393 e. The molecular weight excluding hydrogens is 218 g/mol. The standard InChI is InChI=1S/C11H19N5O/c12-16-11-5-10(14-7-15-11)13-6-8-2-1-3-9(17)4-8/h5,7-9,17H,1-4,6,12H2,(H2,13,14,15,16). The molecule has 0 aliphatic heterocycles. The molecule has 1 aliphatic rings. The first-order valence-corrected chi connectivity index (χ1v) is 5.98. The number of aliphatic hydroxyl groups excluding tert-OH is 1. The average molecular weight is 237 g/mol. The highest BCUT2D eigenvalue weighted by atomic mass is 16.3. The van der Waals surface area contributed by atoms with Gasteiger partial charge in [0.1, 0.15) is 18.0 Å². The maximum Gasteiger partial charge on any atom is 0.145 e. The average Bonchev–Trinajstić information content (AvgIpc) is 2.37.